The summed E-state index contributed by atoms with van der Waals surface area (Å²) in [6.07, 6.45) is 2.07. The Morgan fingerprint density at radius 2 is 1.85 bits per heavy atom. The third-order valence-corrected chi connectivity index (χ3v) is 6.01. The number of methoxy groups -OCH3 is 1. The van der Waals surface area contributed by atoms with Gasteiger partial charge in [-0.05, 0) is 56.2 Å². The van der Waals surface area contributed by atoms with Crippen LogP contribution >= 0.6 is 0 Å². The molecular formula is C27H33N3O4. The minimum atomic E-state index is -0.114. The molecule has 180 valence electrons. The molecule has 0 N–H and O–H groups in total. The van der Waals surface area contributed by atoms with Crippen LogP contribution in [0, 0.1) is 12.8 Å². The molecule has 1 aromatic heterocycles. The molecule has 4 rings (SSSR count). The van der Waals surface area contributed by atoms with E-state index in [1.807, 2.05) is 80.3 Å². The van der Waals surface area contributed by atoms with Gasteiger partial charge in [-0.25, -0.2) is 4.68 Å². The van der Waals surface area contributed by atoms with Crippen LogP contribution in [-0.2, 0) is 16.1 Å². The van der Waals surface area contributed by atoms with Crippen LogP contribution in [0.5, 0.6) is 17.4 Å². The first-order valence-corrected chi connectivity index (χ1v) is 11.8. The van der Waals surface area contributed by atoms with Crippen LogP contribution in [0.4, 0.5) is 0 Å². The molecule has 3 aromatic rings. The summed E-state index contributed by atoms with van der Waals surface area (Å²) in [6.45, 7) is 7.54. The number of para-hydroxylation sites is 1. The molecule has 7 heteroatoms. The van der Waals surface area contributed by atoms with Crippen LogP contribution in [0.1, 0.15) is 37.9 Å². The fraction of sp³-hybridized carbons (Fsp3) is 0.407. The molecular weight excluding hydrogens is 430 g/mol. The number of amides is 1. The predicted octanol–water partition coefficient (Wildman–Crippen LogP) is 5.15. The van der Waals surface area contributed by atoms with Gasteiger partial charge in [0, 0.05) is 19.1 Å². The van der Waals surface area contributed by atoms with Crippen molar-refractivity contribution in [2.45, 2.75) is 46.3 Å². The van der Waals surface area contributed by atoms with Crippen molar-refractivity contribution in [3.05, 3.63) is 65.9 Å². The number of benzene rings is 2. The summed E-state index contributed by atoms with van der Waals surface area (Å²) in [4.78, 5) is 15.0. The standard InChI is InChI=1S/C27H33N3O4/c1-19(2)26(31)29(17-24-11-8-16-33-24)18-25-20(3)28-30(21-9-6-5-7-10-21)27(25)34-23-14-12-22(32-4)13-15-23/h5-7,9-10,12-15,19,24H,8,11,16-18H2,1-4H3. The largest absolute Gasteiger partial charge is 0.497 e. The quantitative estimate of drug-likeness (QED) is 0.439. The smallest absolute Gasteiger partial charge is 0.227 e. The van der Waals surface area contributed by atoms with E-state index in [-0.39, 0.29) is 17.9 Å². The lowest BCUT2D eigenvalue weighted by Gasteiger charge is -2.27. The van der Waals surface area contributed by atoms with Gasteiger partial charge in [-0.1, -0.05) is 32.0 Å². The highest BCUT2D eigenvalue weighted by Crippen LogP contribution is 2.33. The van der Waals surface area contributed by atoms with Gasteiger partial charge in [0.2, 0.25) is 11.8 Å². The van der Waals surface area contributed by atoms with Gasteiger partial charge in [-0.15, -0.1) is 0 Å². The zero-order valence-corrected chi connectivity index (χ0v) is 20.4. The summed E-state index contributed by atoms with van der Waals surface area (Å²) >= 11 is 0. The van der Waals surface area contributed by atoms with Gasteiger partial charge in [-0.3, -0.25) is 4.79 Å². The molecule has 1 aliphatic rings. The molecule has 1 fully saturated rings. The number of hydrogen-bond acceptors (Lipinski definition) is 5. The van der Waals surface area contributed by atoms with Gasteiger partial charge in [0.15, 0.2) is 0 Å². The van der Waals surface area contributed by atoms with E-state index in [0.29, 0.717) is 24.7 Å². The van der Waals surface area contributed by atoms with Gasteiger partial charge in [0.1, 0.15) is 11.5 Å². The Kier molecular flexibility index (Phi) is 7.53. The molecule has 1 atom stereocenters. The van der Waals surface area contributed by atoms with Gasteiger partial charge in [0.05, 0.1) is 36.7 Å². The average molecular weight is 464 g/mol. The fourth-order valence-corrected chi connectivity index (χ4v) is 4.15. The minimum Gasteiger partial charge on any atom is -0.497 e. The van der Waals surface area contributed by atoms with Crippen molar-refractivity contribution in [2.24, 2.45) is 5.92 Å². The van der Waals surface area contributed by atoms with Crippen molar-refractivity contribution in [2.75, 3.05) is 20.3 Å². The Hall–Kier alpha value is -3.32. The summed E-state index contributed by atoms with van der Waals surface area (Å²) in [6, 6.07) is 17.3. The Balaban J connectivity index is 1.71. The normalized spacial score (nSPS) is 15.5. The molecule has 0 saturated carbocycles. The van der Waals surface area contributed by atoms with E-state index < -0.39 is 0 Å². The summed E-state index contributed by atoms with van der Waals surface area (Å²) in [7, 11) is 1.64. The van der Waals surface area contributed by atoms with E-state index >= 15 is 0 Å². The number of rotatable bonds is 9. The molecule has 34 heavy (non-hydrogen) atoms. The van der Waals surface area contributed by atoms with Crippen molar-refractivity contribution >= 4 is 5.91 Å². The highest BCUT2D eigenvalue weighted by Gasteiger charge is 2.28. The SMILES string of the molecule is COc1ccc(Oc2c(CN(CC3CCCO3)C(=O)C(C)C)c(C)nn2-c2ccccc2)cc1. The second-order valence-electron chi connectivity index (χ2n) is 8.90. The van der Waals surface area contributed by atoms with Crippen molar-refractivity contribution in [1.29, 1.82) is 0 Å². The van der Waals surface area contributed by atoms with Crippen molar-refractivity contribution in [1.82, 2.24) is 14.7 Å². The van der Waals surface area contributed by atoms with Crippen molar-refractivity contribution < 1.29 is 19.0 Å². The molecule has 0 aliphatic carbocycles. The number of hydrogen-bond donors (Lipinski definition) is 0. The second-order valence-corrected chi connectivity index (χ2v) is 8.90. The Labute approximate surface area is 201 Å². The number of nitrogens with zero attached hydrogens (tertiary/aromatic N) is 3. The first kappa shape index (κ1) is 23.8. The molecule has 1 aliphatic heterocycles. The number of aryl methyl sites for hydroxylation is 1. The average Bonchev–Trinajstić information content (AvgIpc) is 3.47. The lowest BCUT2D eigenvalue weighted by molar-refractivity contribution is -0.136. The van der Waals surface area contributed by atoms with Crippen LogP contribution in [-0.4, -0.2) is 47.0 Å². The maximum atomic E-state index is 13.2. The van der Waals surface area contributed by atoms with Gasteiger partial charge >= 0.3 is 0 Å². The first-order valence-electron chi connectivity index (χ1n) is 11.8. The molecule has 1 amide bonds. The Morgan fingerprint density at radius 1 is 1.15 bits per heavy atom. The molecule has 0 spiro atoms. The molecule has 0 bridgehead atoms. The van der Waals surface area contributed by atoms with E-state index in [4.69, 9.17) is 19.3 Å². The maximum Gasteiger partial charge on any atom is 0.227 e. The number of ether oxygens (including phenoxy) is 3. The molecule has 0 radical (unpaired) electrons. The van der Waals surface area contributed by atoms with E-state index in [0.717, 1.165) is 42.1 Å². The number of carbonyl (C=O) groups excluding carboxylic acids is 1. The molecule has 1 unspecified atom stereocenters. The zero-order chi connectivity index (χ0) is 24.1. The first-order chi connectivity index (χ1) is 16.5. The van der Waals surface area contributed by atoms with Crippen LogP contribution in [0.15, 0.2) is 54.6 Å². The van der Waals surface area contributed by atoms with E-state index in [1.165, 1.54) is 0 Å². The zero-order valence-electron chi connectivity index (χ0n) is 20.4. The Morgan fingerprint density at radius 3 is 2.47 bits per heavy atom. The second kappa shape index (κ2) is 10.7. The van der Waals surface area contributed by atoms with E-state index in [2.05, 4.69) is 0 Å². The number of carbonyl (C=O) groups is 1. The van der Waals surface area contributed by atoms with Crippen LogP contribution < -0.4 is 9.47 Å². The fourth-order valence-electron chi connectivity index (χ4n) is 4.15. The molecule has 2 aromatic carbocycles. The van der Waals surface area contributed by atoms with Crippen molar-refractivity contribution in [3.8, 4) is 23.1 Å². The third-order valence-electron chi connectivity index (χ3n) is 6.01. The van der Waals surface area contributed by atoms with Gasteiger partial charge in [-0.2, -0.15) is 5.10 Å². The van der Waals surface area contributed by atoms with Gasteiger partial charge < -0.3 is 19.1 Å². The minimum absolute atomic E-state index is 0.0677. The summed E-state index contributed by atoms with van der Waals surface area (Å²) in [5.41, 5.74) is 2.59. The van der Waals surface area contributed by atoms with Gasteiger partial charge in [0.25, 0.3) is 0 Å². The molecule has 2 heterocycles. The summed E-state index contributed by atoms with van der Waals surface area (Å²) in [5, 5.41) is 4.80. The number of aromatic nitrogens is 2. The lowest BCUT2D eigenvalue weighted by Crippen LogP contribution is -2.39. The molecule has 7 nitrogen and oxygen atoms in total. The monoisotopic (exact) mass is 463 g/mol. The summed E-state index contributed by atoms with van der Waals surface area (Å²) < 4.78 is 19.3. The maximum absolute atomic E-state index is 13.2. The highest BCUT2D eigenvalue weighted by atomic mass is 16.5. The van der Waals surface area contributed by atoms with Crippen LogP contribution in [0.25, 0.3) is 5.69 Å². The third kappa shape index (κ3) is 5.42. The van der Waals surface area contributed by atoms with Crippen LogP contribution in [0.3, 0.4) is 0 Å². The Bertz CT molecular complexity index is 1090. The highest BCUT2D eigenvalue weighted by molar-refractivity contribution is 5.78. The summed E-state index contributed by atoms with van der Waals surface area (Å²) in [5.74, 6) is 2.00. The topological polar surface area (TPSA) is 65.8 Å². The lowest BCUT2D eigenvalue weighted by atomic mass is 10.1. The van der Waals surface area contributed by atoms with E-state index in [9.17, 15) is 4.79 Å². The predicted molar refractivity (Wildman–Crippen MR) is 131 cm³/mol. The van der Waals surface area contributed by atoms with E-state index in [1.54, 1.807) is 11.8 Å². The van der Waals surface area contributed by atoms with Crippen molar-refractivity contribution in [3.63, 3.8) is 0 Å². The molecule has 1 saturated heterocycles. The van der Waals surface area contributed by atoms with Crippen LogP contribution in [0.2, 0.25) is 0 Å².